The molecule has 2 rings (SSSR count). The number of rotatable bonds is 5. The SMILES string of the molecule is OCCNCCc1ccc2c(c1)CCCS2. The molecule has 0 radical (unpaired) electrons. The number of nitrogens with one attached hydrogen (secondary N) is 1. The average Bonchev–Trinajstić information content (AvgIpc) is 2.34. The Morgan fingerprint density at radius 1 is 1.31 bits per heavy atom. The first-order valence-corrected chi connectivity index (χ1v) is 6.95. The molecule has 1 aliphatic rings. The fraction of sp³-hybridized carbons (Fsp3) is 0.538. The Morgan fingerprint density at radius 2 is 2.25 bits per heavy atom. The van der Waals surface area contributed by atoms with Gasteiger partial charge in [0, 0.05) is 11.4 Å². The molecule has 0 saturated carbocycles. The molecule has 16 heavy (non-hydrogen) atoms. The summed E-state index contributed by atoms with van der Waals surface area (Å²) in [5, 5.41) is 11.9. The summed E-state index contributed by atoms with van der Waals surface area (Å²) in [6.07, 6.45) is 3.60. The van der Waals surface area contributed by atoms with E-state index in [1.165, 1.54) is 34.6 Å². The smallest absolute Gasteiger partial charge is 0.0555 e. The minimum Gasteiger partial charge on any atom is -0.395 e. The van der Waals surface area contributed by atoms with E-state index in [4.69, 9.17) is 5.11 Å². The van der Waals surface area contributed by atoms with Crippen molar-refractivity contribution >= 4 is 11.8 Å². The van der Waals surface area contributed by atoms with Gasteiger partial charge in [-0.05, 0) is 48.8 Å². The summed E-state index contributed by atoms with van der Waals surface area (Å²) in [7, 11) is 0. The Balaban J connectivity index is 1.90. The number of aliphatic hydroxyl groups excluding tert-OH is 1. The molecule has 0 saturated heterocycles. The van der Waals surface area contributed by atoms with Gasteiger partial charge in [0.2, 0.25) is 0 Å². The summed E-state index contributed by atoms with van der Waals surface area (Å²) in [6, 6.07) is 6.85. The zero-order valence-electron chi connectivity index (χ0n) is 9.54. The maximum atomic E-state index is 8.66. The standard InChI is InChI=1S/C13H19NOS/c15-8-7-14-6-5-11-3-4-13-12(10-11)2-1-9-16-13/h3-4,10,14-15H,1-2,5-9H2. The third kappa shape index (κ3) is 3.24. The lowest BCUT2D eigenvalue weighted by molar-refractivity contribution is 0.293. The second-order valence-corrected chi connectivity index (χ2v) is 5.25. The van der Waals surface area contributed by atoms with Crippen LogP contribution in [-0.4, -0.2) is 30.6 Å². The van der Waals surface area contributed by atoms with Crippen LogP contribution in [0.3, 0.4) is 0 Å². The van der Waals surface area contributed by atoms with Crippen LogP contribution in [-0.2, 0) is 12.8 Å². The molecule has 1 heterocycles. The molecule has 2 nitrogen and oxygen atoms in total. The molecule has 0 unspecified atom stereocenters. The Hall–Kier alpha value is -0.510. The van der Waals surface area contributed by atoms with E-state index in [1.54, 1.807) is 0 Å². The Labute approximate surface area is 101 Å². The van der Waals surface area contributed by atoms with Gasteiger partial charge in [-0.1, -0.05) is 12.1 Å². The summed E-state index contributed by atoms with van der Waals surface area (Å²) in [5.41, 5.74) is 2.93. The molecule has 2 N–H and O–H groups in total. The van der Waals surface area contributed by atoms with Gasteiger partial charge in [-0.15, -0.1) is 11.8 Å². The van der Waals surface area contributed by atoms with E-state index in [0.717, 1.165) is 13.0 Å². The number of thioether (sulfide) groups is 1. The molecule has 1 aliphatic heterocycles. The van der Waals surface area contributed by atoms with E-state index in [1.807, 2.05) is 11.8 Å². The first-order valence-electron chi connectivity index (χ1n) is 5.96. The van der Waals surface area contributed by atoms with Crippen molar-refractivity contribution in [1.29, 1.82) is 0 Å². The average molecular weight is 237 g/mol. The molecular formula is C13H19NOS. The lowest BCUT2D eigenvalue weighted by atomic mass is 10.0. The normalized spacial score (nSPS) is 14.8. The maximum Gasteiger partial charge on any atom is 0.0555 e. The Bertz CT molecular complexity index is 341. The summed E-state index contributed by atoms with van der Waals surface area (Å²) in [4.78, 5) is 1.47. The third-order valence-corrected chi connectivity index (χ3v) is 4.05. The van der Waals surface area contributed by atoms with E-state index in [0.29, 0.717) is 6.54 Å². The van der Waals surface area contributed by atoms with E-state index < -0.39 is 0 Å². The predicted molar refractivity (Wildman–Crippen MR) is 69.1 cm³/mol. The molecule has 3 heteroatoms. The molecule has 0 atom stereocenters. The fourth-order valence-electron chi connectivity index (χ4n) is 2.01. The van der Waals surface area contributed by atoms with Crippen molar-refractivity contribution in [2.45, 2.75) is 24.2 Å². The van der Waals surface area contributed by atoms with Crippen molar-refractivity contribution in [3.8, 4) is 0 Å². The molecule has 0 bridgehead atoms. The van der Waals surface area contributed by atoms with Crippen LogP contribution in [0, 0.1) is 0 Å². The summed E-state index contributed by atoms with van der Waals surface area (Å²) in [6.45, 7) is 1.87. The maximum absolute atomic E-state index is 8.66. The van der Waals surface area contributed by atoms with Gasteiger partial charge in [0.25, 0.3) is 0 Å². The number of hydrogen-bond donors (Lipinski definition) is 2. The van der Waals surface area contributed by atoms with Crippen molar-refractivity contribution in [2.24, 2.45) is 0 Å². The highest BCUT2D eigenvalue weighted by Crippen LogP contribution is 2.30. The van der Waals surface area contributed by atoms with Crippen LogP contribution >= 0.6 is 11.8 Å². The molecule has 1 aromatic rings. The highest BCUT2D eigenvalue weighted by atomic mass is 32.2. The van der Waals surface area contributed by atoms with Gasteiger partial charge in [-0.2, -0.15) is 0 Å². The van der Waals surface area contributed by atoms with Crippen LogP contribution in [0.5, 0.6) is 0 Å². The van der Waals surface area contributed by atoms with E-state index in [2.05, 4.69) is 23.5 Å². The van der Waals surface area contributed by atoms with Crippen LogP contribution in [0.25, 0.3) is 0 Å². The second-order valence-electron chi connectivity index (χ2n) is 4.12. The van der Waals surface area contributed by atoms with Crippen molar-refractivity contribution in [3.05, 3.63) is 29.3 Å². The Kier molecular flexibility index (Phi) is 4.69. The van der Waals surface area contributed by atoms with Crippen molar-refractivity contribution in [1.82, 2.24) is 5.32 Å². The number of benzene rings is 1. The van der Waals surface area contributed by atoms with E-state index in [9.17, 15) is 0 Å². The van der Waals surface area contributed by atoms with Crippen LogP contribution < -0.4 is 5.32 Å². The van der Waals surface area contributed by atoms with Crippen molar-refractivity contribution in [2.75, 3.05) is 25.4 Å². The monoisotopic (exact) mass is 237 g/mol. The van der Waals surface area contributed by atoms with E-state index in [-0.39, 0.29) is 6.61 Å². The lowest BCUT2D eigenvalue weighted by Gasteiger charge is -2.16. The van der Waals surface area contributed by atoms with Gasteiger partial charge in [-0.25, -0.2) is 0 Å². The van der Waals surface area contributed by atoms with Crippen LogP contribution in [0.4, 0.5) is 0 Å². The van der Waals surface area contributed by atoms with Gasteiger partial charge in [0.1, 0.15) is 0 Å². The largest absolute Gasteiger partial charge is 0.395 e. The molecule has 0 aromatic heterocycles. The fourth-order valence-corrected chi connectivity index (χ4v) is 3.03. The van der Waals surface area contributed by atoms with E-state index >= 15 is 0 Å². The number of aliphatic hydroxyl groups is 1. The Morgan fingerprint density at radius 3 is 3.12 bits per heavy atom. The topological polar surface area (TPSA) is 32.3 Å². The van der Waals surface area contributed by atoms with Gasteiger partial charge in [0.15, 0.2) is 0 Å². The quantitative estimate of drug-likeness (QED) is 0.767. The van der Waals surface area contributed by atoms with Gasteiger partial charge in [-0.3, -0.25) is 0 Å². The van der Waals surface area contributed by atoms with Crippen LogP contribution in [0.1, 0.15) is 17.5 Å². The first-order chi connectivity index (χ1) is 7.90. The molecule has 0 amide bonds. The molecule has 88 valence electrons. The molecule has 0 aliphatic carbocycles. The predicted octanol–water partition coefficient (Wildman–Crippen LogP) is 1.85. The van der Waals surface area contributed by atoms with Gasteiger partial charge < -0.3 is 10.4 Å². The van der Waals surface area contributed by atoms with Gasteiger partial charge in [0.05, 0.1) is 6.61 Å². The third-order valence-electron chi connectivity index (χ3n) is 2.85. The number of hydrogen-bond acceptors (Lipinski definition) is 3. The molecule has 0 fully saturated rings. The summed E-state index contributed by atoms with van der Waals surface area (Å²) >= 11 is 1.98. The second kappa shape index (κ2) is 6.28. The minimum absolute atomic E-state index is 0.223. The molecule has 1 aromatic carbocycles. The number of fused-ring (bicyclic) bond motifs is 1. The lowest BCUT2D eigenvalue weighted by Crippen LogP contribution is -2.20. The zero-order chi connectivity index (χ0) is 11.2. The first kappa shape index (κ1) is 12.0. The highest BCUT2D eigenvalue weighted by molar-refractivity contribution is 7.99. The number of aryl methyl sites for hydroxylation is 1. The van der Waals surface area contributed by atoms with Gasteiger partial charge >= 0.3 is 0 Å². The highest BCUT2D eigenvalue weighted by Gasteiger charge is 2.09. The summed E-state index contributed by atoms with van der Waals surface area (Å²) < 4.78 is 0. The van der Waals surface area contributed by atoms with Crippen LogP contribution in [0.2, 0.25) is 0 Å². The zero-order valence-corrected chi connectivity index (χ0v) is 10.4. The van der Waals surface area contributed by atoms with Crippen molar-refractivity contribution < 1.29 is 5.11 Å². The molecule has 0 spiro atoms. The molecular weight excluding hydrogens is 218 g/mol. The summed E-state index contributed by atoms with van der Waals surface area (Å²) in [5.74, 6) is 1.27. The van der Waals surface area contributed by atoms with Crippen LogP contribution in [0.15, 0.2) is 23.1 Å². The minimum atomic E-state index is 0.223. The van der Waals surface area contributed by atoms with Crippen molar-refractivity contribution in [3.63, 3.8) is 0 Å².